The van der Waals surface area contributed by atoms with Crippen LogP contribution in [0.2, 0.25) is 0 Å². The number of piperazine rings is 2. The quantitative estimate of drug-likeness (QED) is 0.771. The van der Waals surface area contributed by atoms with Gasteiger partial charge >= 0.3 is 0 Å². The maximum absolute atomic E-state index is 12.6. The van der Waals surface area contributed by atoms with Gasteiger partial charge in [0, 0.05) is 58.0 Å². The Hall–Kier alpha value is -1.96. The van der Waals surface area contributed by atoms with E-state index < -0.39 is 0 Å². The highest BCUT2D eigenvalue weighted by Gasteiger charge is 2.25. The fraction of sp³-hybridized carbons (Fsp3) is 0.636. The molecule has 2 aliphatic rings. The summed E-state index contributed by atoms with van der Waals surface area (Å²) in [5, 5.41) is 3.05. The van der Waals surface area contributed by atoms with Gasteiger partial charge in [0.2, 0.25) is 11.8 Å². The summed E-state index contributed by atoms with van der Waals surface area (Å²) in [4.78, 5) is 33.9. The van der Waals surface area contributed by atoms with Crippen molar-refractivity contribution in [3.05, 3.63) is 29.3 Å². The molecule has 1 aromatic carbocycles. The molecule has 0 aromatic heterocycles. The summed E-state index contributed by atoms with van der Waals surface area (Å²) in [7, 11) is 0. The summed E-state index contributed by atoms with van der Waals surface area (Å²) in [6.45, 7) is 15.1. The molecule has 2 amide bonds. The molecule has 0 spiro atoms. The third-order valence-electron chi connectivity index (χ3n) is 6.11. The van der Waals surface area contributed by atoms with Crippen molar-refractivity contribution < 1.29 is 9.59 Å². The molecule has 1 N–H and O–H groups in total. The van der Waals surface area contributed by atoms with E-state index in [1.165, 1.54) is 0 Å². The number of para-hydroxylation sites is 1. The molecule has 2 saturated heterocycles. The third-order valence-corrected chi connectivity index (χ3v) is 6.11. The minimum absolute atomic E-state index is 0.0102. The number of hydrogen-bond acceptors (Lipinski definition) is 5. The lowest BCUT2D eigenvalue weighted by atomic mass is 10.1. The summed E-state index contributed by atoms with van der Waals surface area (Å²) in [5.41, 5.74) is 3.07. The van der Waals surface area contributed by atoms with Crippen molar-refractivity contribution in [3.8, 4) is 0 Å². The molecule has 3 rings (SSSR count). The van der Waals surface area contributed by atoms with E-state index in [1.807, 2.05) is 36.9 Å². The Bertz CT molecular complexity index is 687. The number of carbonyl (C=O) groups excluding carboxylic acids is 2. The van der Waals surface area contributed by atoms with E-state index in [9.17, 15) is 9.59 Å². The monoisotopic (exact) mass is 401 g/mol. The maximum atomic E-state index is 12.6. The van der Waals surface area contributed by atoms with E-state index in [-0.39, 0.29) is 11.8 Å². The molecular formula is C22H35N5O2. The van der Waals surface area contributed by atoms with Crippen molar-refractivity contribution in [3.63, 3.8) is 0 Å². The number of nitrogens with one attached hydrogen (secondary N) is 1. The normalized spacial score (nSPS) is 19.3. The summed E-state index contributed by atoms with van der Waals surface area (Å²) >= 11 is 0. The highest BCUT2D eigenvalue weighted by atomic mass is 16.2. The molecule has 2 fully saturated rings. The van der Waals surface area contributed by atoms with Gasteiger partial charge in [-0.15, -0.1) is 0 Å². The van der Waals surface area contributed by atoms with Crippen LogP contribution in [0.3, 0.4) is 0 Å². The van der Waals surface area contributed by atoms with E-state index >= 15 is 0 Å². The number of amides is 2. The Morgan fingerprint density at radius 2 is 1.34 bits per heavy atom. The number of benzene rings is 1. The van der Waals surface area contributed by atoms with E-state index in [4.69, 9.17) is 0 Å². The van der Waals surface area contributed by atoms with Crippen molar-refractivity contribution in [2.75, 3.05) is 77.3 Å². The average molecular weight is 402 g/mol. The number of nitrogens with zero attached hydrogens (tertiary/aromatic N) is 4. The Labute approximate surface area is 174 Å². The summed E-state index contributed by atoms with van der Waals surface area (Å²) in [6.07, 6.45) is 0. The minimum atomic E-state index is 0.0102. The van der Waals surface area contributed by atoms with E-state index in [2.05, 4.69) is 26.9 Å². The van der Waals surface area contributed by atoms with Gasteiger partial charge in [-0.3, -0.25) is 19.4 Å². The SMILES string of the molecule is CCN1CCN(CC(=O)N2CCN(CC(=O)Nc3c(C)cccc3C)CC2)CC1. The fourth-order valence-electron chi connectivity index (χ4n) is 4.10. The van der Waals surface area contributed by atoms with Gasteiger partial charge in [-0.2, -0.15) is 0 Å². The molecule has 0 atom stereocenters. The molecule has 7 nitrogen and oxygen atoms in total. The van der Waals surface area contributed by atoms with Crippen molar-refractivity contribution in [2.45, 2.75) is 20.8 Å². The molecule has 160 valence electrons. The van der Waals surface area contributed by atoms with Gasteiger partial charge in [-0.05, 0) is 31.5 Å². The summed E-state index contributed by atoms with van der Waals surface area (Å²) < 4.78 is 0. The fourth-order valence-corrected chi connectivity index (χ4v) is 4.10. The first kappa shape index (κ1) is 21.7. The van der Waals surface area contributed by atoms with Gasteiger partial charge in [0.05, 0.1) is 13.1 Å². The van der Waals surface area contributed by atoms with Crippen LogP contribution in [0.4, 0.5) is 5.69 Å². The highest BCUT2D eigenvalue weighted by Crippen LogP contribution is 2.19. The van der Waals surface area contributed by atoms with Gasteiger partial charge in [0.15, 0.2) is 0 Å². The smallest absolute Gasteiger partial charge is 0.238 e. The Morgan fingerprint density at radius 1 is 0.828 bits per heavy atom. The van der Waals surface area contributed by atoms with Crippen LogP contribution in [-0.2, 0) is 9.59 Å². The molecule has 2 heterocycles. The van der Waals surface area contributed by atoms with Crippen molar-refractivity contribution in [1.82, 2.24) is 19.6 Å². The van der Waals surface area contributed by atoms with E-state index in [0.717, 1.165) is 62.6 Å². The second-order valence-electron chi connectivity index (χ2n) is 8.18. The van der Waals surface area contributed by atoms with Crippen LogP contribution >= 0.6 is 0 Å². The summed E-state index contributed by atoms with van der Waals surface area (Å²) in [6, 6.07) is 6.02. The number of rotatable bonds is 6. The van der Waals surface area contributed by atoms with Crippen molar-refractivity contribution in [2.24, 2.45) is 0 Å². The molecule has 0 unspecified atom stereocenters. The second-order valence-corrected chi connectivity index (χ2v) is 8.18. The predicted molar refractivity (Wildman–Crippen MR) is 116 cm³/mol. The van der Waals surface area contributed by atoms with Gasteiger partial charge < -0.3 is 15.1 Å². The second kappa shape index (κ2) is 10.2. The van der Waals surface area contributed by atoms with E-state index in [1.54, 1.807) is 0 Å². The number of carbonyl (C=O) groups is 2. The Kier molecular flexibility index (Phi) is 7.64. The molecule has 0 bridgehead atoms. The lowest BCUT2D eigenvalue weighted by molar-refractivity contribution is -0.134. The summed E-state index contributed by atoms with van der Waals surface area (Å²) in [5.74, 6) is 0.227. The molecule has 0 aliphatic carbocycles. The molecule has 7 heteroatoms. The van der Waals surface area contributed by atoms with Gasteiger partial charge in [-0.25, -0.2) is 0 Å². The minimum Gasteiger partial charge on any atom is -0.339 e. The number of hydrogen-bond donors (Lipinski definition) is 1. The highest BCUT2D eigenvalue weighted by molar-refractivity contribution is 5.93. The van der Waals surface area contributed by atoms with Crippen LogP contribution in [0.15, 0.2) is 18.2 Å². The number of likely N-dealkylation sites (N-methyl/N-ethyl adjacent to an activating group) is 1. The van der Waals surface area contributed by atoms with E-state index in [0.29, 0.717) is 26.2 Å². The lowest BCUT2D eigenvalue weighted by Crippen LogP contribution is -2.54. The zero-order valence-corrected chi connectivity index (χ0v) is 18.1. The van der Waals surface area contributed by atoms with Crippen molar-refractivity contribution >= 4 is 17.5 Å². The van der Waals surface area contributed by atoms with Gasteiger partial charge in [0.1, 0.15) is 0 Å². The first-order valence-electron chi connectivity index (χ1n) is 10.8. The number of aryl methyl sites for hydroxylation is 2. The lowest BCUT2D eigenvalue weighted by Gasteiger charge is -2.37. The largest absolute Gasteiger partial charge is 0.339 e. The number of anilines is 1. The molecule has 2 aliphatic heterocycles. The molecule has 1 aromatic rings. The molecule has 29 heavy (non-hydrogen) atoms. The zero-order chi connectivity index (χ0) is 20.8. The Balaban J connectivity index is 1.40. The third kappa shape index (κ3) is 6.01. The van der Waals surface area contributed by atoms with Crippen LogP contribution in [0, 0.1) is 13.8 Å². The van der Waals surface area contributed by atoms with Crippen LogP contribution in [-0.4, -0.2) is 103 Å². The van der Waals surface area contributed by atoms with Gasteiger partial charge in [0.25, 0.3) is 0 Å². The van der Waals surface area contributed by atoms with Crippen LogP contribution in [0.1, 0.15) is 18.1 Å². The topological polar surface area (TPSA) is 59.1 Å². The van der Waals surface area contributed by atoms with Crippen molar-refractivity contribution in [1.29, 1.82) is 0 Å². The zero-order valence-electron chi connectivity index (χ0n) is 18.1. The molecule has 0 saturated carbocycles. The first-order valence-corrected chi connectivity index (χ1v) is 10.8. The van der Waals surface area contributed by atoms with Crippen LogP contribution in [0.5, 0.6) is 0 Å². The van der Waals surface area contributed by atoms with Crippen LogP contribution in [0.25, 0.3) is 0 Å². The Morgan fingerprint density at radius 3 is 1.93 bits per heavy atom. The first-order chi connectivity index (χ1) is 14.0. The maximum Gasteiger partial charge on any atom is 0.238 e. The predicted octanol–water partition coefficient (Wildman–Crippen LogP) is 1.02. The van der Waals surface area contributed by atoms with Crippen LogP contribution < -0.4 is 5.32 Å². The average Bonchev–Trinajstić information content (AvgIpc) is 2.72. The standard InChI is InChI=1S/C22H35N5O2/c1-4-24-8-10-26(11-9-24)17-21(29)27-14-12-25(13-15-27)16-20(28)23-22-18(2)6-5-7-19(22)3/h5-7H,4,8-17H2,1-3H3,(H,23,28). The van der Waals surface area contributed by atoms with Gasteiger partial charge in [-0.1, -0.05) is 25.1 Å². The molecular weight excluding hydrogens is 366 g/mol. The molecule has 0 radical (unpaired) electrons.